The zero-order chi connectivity index (χ0) is 18.9. The molecule has 4 rings (SSSR count). The Kier molecular flexibility index (Phi) is 5.55. The summed E-state index contributed by atoms with van der Waals surface area (Å²) < 4.78 is 7.61. The van der Waals surface area contributed by atoms with Gasteiger partial charge < -0.3 is 10.1 Å². The number of aryl methyl sites for hydroxylation is 2. The number of nitrogens with one attached hydrogen (secondary N) is 1. The van der Waals surface area contributed by atoms with Gasteiger partial charge in [-0.2, -0.15) is 5.10 Å². The Hall–Kier alpha value is -1.40. The van der Waals surface area contributed by atoms with Gasteiger partial charge in [0, 0.05) is 50.0 Å². The van der Waals surface area contributed by atoms with Gasteiger partial charge in [0.25, 0.3) is 0 Å². The van der Waals surface area contributed by atoms with E-state index < -0.39 is 0 Å². The molecule has 0 radical (unpaired) electrons. The number of rotatable bonds is 6. The van der Waals surface area contributed by atoms with E-state index >= 15 is 0 Å². The summed E-state index contributed by atoms with van der Waals surface area (Å²) >= 11 is 0. The summed E-state index contributed by atoms with van der Waals surface area (Å²) in [5.74, 6) is 0.400. The minimum Gasteiger partial charge on any atom is -0.381 e. The van der Waals surface area contributed by atoms with Crippen LogP contribution in [0.3, 0.4) is 0 Å². The SMILES string of the molecule is Cc1cc(C)n(CC2(CNC(=O)[C@@H]3CCCN(C4CCOCC4)C3)CC2)n1. The van der Waals surface area contributed by atoms with Crippen LogP contribution in [-0.4, -0.2) is 59.5 Å². The van der Waals surface area contributed by atoms with E-state index in [9.17, 15) is 4.79 Å². The second kappa shape index (κ2) is 7.92. The van der Waals surface area contributed by atoms with Crippen molar-refractivity contribution in [2.24, 2.45) is 11.3 Å². The largest absolute Gasteiger partial charge is 0.381 e. The third-order valence-corrected chi connectivity index (χ3v) is 6.71. The molecule has 6 nitrogen and oxygen atoms in total. The highest BCUT2D eigenvalue weighted by molar-refractivity contribution is 5.79. The molecule has 0 aromatic carbocycles. The average Bonchev–Trinajstić information content (AvgIpc) is 3.38. The molecule has 1 aromatic rings. The number of carbonyl (C=O) groups excluding carboxylic acids is 1. The molecule has 1 amide bonds. The van der Waals surface area contributed by atoms with E-state index in [0.29, 0.717) is 6.04 Å². The lowest BCUT2D eigenvalue weighted by atomic mass is 9.94. The van der Waals surface area contributed by atoms with Crippen molar-refractivity contribution in [2.45, 2.75) is 65.0 Å². The van der Waals surface area contributed by atoms with Crippen molar-refractivity contribution in [1.82, 2.24) is 20.0 Å². The maximum atomic E-state index is 12.8. The van der Waals surface area contributed by atoms with Gasteiger partial charge in [0.1, 0.15) is 0 Å². The number of piperidine rings is 1. The fourth-order valence-electron chi connectivity index (χ4n) is 4.74. The van der Waals surface area contributed by atoms with Crippen LogP contribution in [0, 0.1) is 25.2 Å². The van der Waals surface area contributed by atoms with Crippen LogP contribution in [0.15, 0.2) is 6.07 Å². The number of ether oxygens (including phenoxy) is 1. The highest BCUT2D eigenvalue weighted by Gasteiger charge is 2.44. The van der Waals surface area contributed by atoms with Crippen LogP contribution in [0.1, 0.15) is 49.9 Å². The third-order valence-electron chi connectivity index (χ3n) is 6.71. The fourth-order valence-corrected chi connectivity index (χ4v) is 4.74. The lowest BCUT2D eigenvalue weighted by Gasteiger charge is -2.39. The molecule has 1 aromatic heterocycles. The molecule has 2 saturated heterocycles. The number of hydrogen-bond donors (Lipinski definition) is 1. The van der Waals surface area contributed by atoms with Gasteiger partial charge in [-0.05, 0) is 65.0 Å². The molecule has 0 unspecified atom stereocenters. The maximum absolute atomic E-state index is 12.8. The van der Waals surface area contributed by atoms with E-state index in [2.05, 4.69) is 33.0 Å². The Bertz CT molecular complexity index is 661. The van der Waals surface area contributed by atoms with Gasteiger partial charge in [0.2, 0.25) is 5.91 Å². The molecule has 1 N–H and O–H groups in total. The Morgan fingerprint density at radius 1 is 1.30 bits per heavy atom. The third kappa shape index (κ3) is 4.54. The molecule has 0 bridgehead atoms. The van der Waals surface area contributed by atoms with Gasteiger partial charge >= 0.3 is 0 Å². The first-order valence-electron chi connectivity index (χ1n) is 10.7. The lowest BCUT2D eigenvalue weighted by Crippen LogP contribution is -2.49. The second-order valence-corrected chi connectivity index (χ2v) is 8.98. The standard InChI is InChI=1S/C21H34N4O2/c1-16-12-17(2)25(23-16)15-21(7-8-21)14-22-20(26)18-4-3-9-24(13-18)19-5-10-27-11-6-19/h12,18-19H,3-11,13-15H2,1-2H3,(H,22,26)/t18-/m1/s1. The quantitative estimate of drug-likeness (QED) is 0.830. The van der Waals surface area contributed by atoms with E-state index in [1.54, 1.807) is 0 Å². The van der Waals surface area contributed by atoms with Crippen LogP contribution in [0.5, 0.6) is 0 Å². The van der Waals surface area contributed by atoms with Crippen LogP contribution in [-0.2, 0) is 16.1 Å². The van der Waals surface area contributed by atoms with Crippen molar-refractivity contribution in [1.29, 1.82) is 0 Å². The number of aromatic nitrogens is 2. The number of amides is 1. The molecule has 0 spiro atoms. The average molecular weight is 375 g/mol. The molecule has 1 atom stereocenters. The van der Waals surface area contributed by atoms with Crippen molar-refractivity contribution in [2.75, 3.05) is 32.8 Å². The molecule has 1 aliphatic carbocycles. The Morgan fingerprint density at radius 3 is 2.74 bits per heavy atom. The van der Waals surface area contributed by atoms with Crippen LogP contribution in [0.4, 0.5) is 0 Å². The summed E-state index contributed by atoms with van der Waals surface area (Å²) in [5, 5.41) is 7.89. The van der Waals surface area contributed by atoms with Crippen LogP contribution < -0.4 is 5.32 Å². The molecule has 3 heterocycles. The van der Waals surface area contributed by atoms with E-state index in [-0.39, 0.29) is 17.2 Å². The van der Waals surface area contributed by atoms with Gasteiger partial charge in [-0.3, -0.25) is 14.4 Å². The van der Waals surface area contributed by atoms with Crippen molar-refractivity contribution < 1.29 is 9.53 Å². The fraction of sp³-hybridized carbons (Fsp3) is 0.810. The van der Waals surface area contributed by atoms with Gasteiger partial charge in [-0.25, -0.2) is 0 Å². The molecule has 3 fully saturated rings. The Balaban J connectivity index is 1.28. The zero-order valence-corrected chi connectivity index (χ0v) is 16.9. The van der Waals surface area contributed by atoms with E-state index in [4.69, 9.17) is 4.74 Å². The van der Waals surface area contributed by atoms with Crippen molar-refractivity contribution in [3.05, 3.63) is 17.5 Å². The molecule has 3 aliphatic rings. The predicted octanol–water partition coefficient (Wildman–Crippen LogP) is 2.29. The molecule has 150 valence electrons. The molecule has 1 saturated carbocycles. The first-order valence-corrected chi connectivity index (χ1v) is 10.7. The highest BCUT2D eigenvalue weighted by atomic mass is 16.5. The van der Waals surface area contributed by atoms with Crippen molar-refractivity contribution in [3.63, 3.8) is 0 Å². The summed E-state index contributed by atoms with van der Waals surface area (Å²) in [6.07, 6.45) is 6.75. The zero-order valence-electron chi connectivity index (χ0n) is 16.9. The van der Waals surface area contributed by atoms with Gasteiger partial charge in [0.15, 0.2) is 0 Å². The summed E-state index contributed by atoms with van der Waals surface area (Å²) in [7, 11) is 0. The smallest absolute Gasteiger partial charge is 0.224 e. The molecule has 27 heavy (non-hydrogen) atoms. The van der Waals surface area contributed by atoms with E-state index in [1.807, 2.05) is 6.92 Å². The van der Waals surface area contributed by atoms with Crippen molar-refractivity contribution in [3.8, 4) is 0 Å². The van der Waals surface area contributed by atoms with E-state index in [0.717, 1.165) is 70.8 Å². The molecular weight excluding hydrogens is 340 g/mol. The number of likely N-dealkylation sites (tertiary alicyclic amines) is 1. The Labute approximate surface area is 162 Å². The van der Waals surface area contributed by atoms with Crippen LogP contribution >= 0.6 is 0 Å². The summed E-state index contributed by atoms with van der Waals surface area (Å²) in [6, 6.07) is 2.73. The minimum absolute atomic E-state index is 0.145. The van der Waals surface area contributed by atoms with Crippen LogP contribution in [0.25, 0.3) is 0 Å². The Morgan fingerprint density at radius 2 is 2.07 bits per heavy atom. The summed E-state index contributed by atoms with van der Waals surface area (Å²) in [6.45, 7) is 9.65. The predicted molar refractivity (Wildman–Crippen MR) is 105 cm³/mol. The summed E-state index contributed by atoms with van der Waals surface area (Å²) in [4.78, 5) is 15.4. The van der Waals surface area contributed by atoms with Gasteiger partial charge in [0.05, 0.1) is 11.6 Å². The molecule has 6 heteroatoms. The first kappa shape index (κ1) is 18.9. The van der Waals surface area contributed by atoms with Gasteiger partial charge in [-0.15, -0.1) is 0 Å². The highest BCUT2D eigenvalue weighted by Crippen LogP contribution is 2.46. The molecule has 2 aliphatic heterocycles. The maximum Gasteiger partial charge on any atom is 0.224 e. The number of carbonyl (C=O) groups is 1. The molecular formula is C21H34N4O2. The second-order valence-electron chi connectivity index (χ2n) is 8.98. The normalized spacial score (nSPS) is 26.1. The monoisotopic (exact) mass is 374 g/mol. The van der Waals surface area contributed by atoms with E-state index in [1.165, 1.54) is 18.5 Å². The first-order chi connectivity index (χ1) is 13.0. The lowest BCUT2D eigenvalue weighted by molar-refractivity contribution is -0.127. The number of hydrogen-bond acceptors (Lipinski definition) is 4. The minimum atomic E-state index is 0.145. The van der Waals surface area contributed by atoms with Gasteiger partial charge in [-0.1, -0.05) is 0 Å². The summed E-state index contributed by atoms with van der Waals surface area (Å²) in [5.41, 5.74) is 2.50. The van der Waals surface area contributed by atoms with Crippen LogP contribution in [0.2, 0.25) is 0 Å². The van der Waals surface area contributed by atoms with Crippen molar-refractivity contribution >= 4 is 5.91 Å². The topological polar surface area (TPSA) is 59.4 Å². The number of nitrogens with zero attached hydrogens (tertiary/aromatic N) is 3.